The Morgan fingerprint density at radius 2 is 2.05 bits per heavy atom. The lowest BCUT2D eigenvalue weighted by Gasteiger charge is -2.12. The van der Waals surface area contributed by atoms with E-state index in [2.05, 4.69) is 21.2 Å². The first-order valence-corrected chi connectivity index (χ1v) is 7.16. The molecule has 21 heavy (non-hydrogen) atoms. The molecular formula is C14H9BrClFN2O2. The average molecular weight is 372 g/mol. The normalized spacial score (nSPS) is 13.0. The van der Waals surface area contributed by atoms with Gasteiger partial charge in [0, 0.05) is 17.8 Å². The summed E-state index contributed by atoms with van der Waals surface area (Å²) >= 11 is 8.93. The highest BCUT2D eigenvalue weighted by atomic mass is 79.9. The number of rotatable bonds is 2. The van der Waals surface area contributed by atoms with Crippen molar-refractivity contribution in [1.82, 2.24) is 0 Å². The highest BCUT2D eigenvalue weighted by Gasteiger charge is 2.20. The van der Waals surface area contributed by atoms with Gasteiger partial charge < -0.3 is 15.8 Å². The number of halogens is 3. The second-order valence-corrected chi connectivity index (χ2v) is 5.83. The Labute approximate surface area is 133 Å². The third kappa shape index (κ3) is 2.69. The van der Waals surface area contributed by atoms with Gasteiger partial charge >= 0.3 is 0 Å². The minimum Gasteiger partial charge on any atom is -0.454 e. The van der Waals surface area contributed by atoms with Crippen LogP contribution in [0.1, 0.15) is 5.56 Å². The Balaban J connectivity index is 1.98. The number of nitrogens with two attached hydrogens (primary N) is 1. The molecule has 3 rings (SSSR count). The summed E-state index contributed by atoms with van der Waals surface area (Å²) in [6.07, 6.45) is 0.291. The number of nitrogen functional groups attached to an aromatic ring is 1. The van der Waals surface area contributed by atoms with Crippen molar-refractivity contribution in [1.29, 1.82) is 0 Å². The molecule has 1 aliphatic heterocycles. The van der Waals surface area contributed by atoms with E-state index in [1.165, 1.54) is 6.07 Å². The van der Waals surface area contributed by atoms with Crippen LogP contribution in [0.15, 0.2) is 28.7 Å². The van der Waals surface area contributed by atoms with Crippen LogP contribution in [0.2, 0.25) is 5.02 Å². The van der Waals surface area contributed by atoms with Gasteiger partial charge in [-0.3, -0.25) is 4.79 Å². The number of ether oxygens (including phenoxy) is 1. The number of hydrogen-bond donors (Lipinski definition) is 2. The van der Waals surface area contributed by atoms with Crippen molar-refractivity contribution >= 4 is 44.8 Å². The van der Waals surface area contributed by atoms with Crippen LogP contribution in [-0.2, 0) is 11.2 Å². The number of hydrogen-bond acceptors (Lipinski definition) is 3. The topological polar surface area (TPSA) is 64.3 Å². The Bertz CT molecular complexity index is 767. The number of carbonyl (C=O) groups is 1. The molecule has 0 aromatic heterocycles. The molecule has 7 heteroatoms. The third-order valence-corrected chi connectivity index (χ3v) is 3.96. The Morgan fingerprint density at radius 3 is 2.81 bits per heavy atom. The second-order valence-electron chi connectivity index (χ2n) is 4.57. The van der Waals surface area contributed by atoms with Crippen molar-refractivity contribution in [3.8, 4) is 11.5 Å². The van der Waals surface area contributed by atoms with E-state index in [4.69, 9.17) is 22.1 Å². The minimum absolute atomic E-state index is 0.0107. The van der Waals surface area contributed by atoms with Crippen LogP contribution < -0.4 is 15.8 Å². The zero-order chi connectivity index (χ0) is 15.1. The smallest absolute Gasteiger partial charge is 0.228 e. The lowest BCUT2D eigenvalue weighted by atomic mass is 10.1. The SMILES string of the molecule is Nc1cc2c(cc1Oc1cc(F)c(Cl)cc1Br)NC(=O)C2. The largest absolute Gasteiger partial charge is 0.454 e. The Kier molecular flexibility index (Phi) is 3.51. The highest BCUT2D eigenvalue weighted by molar-refractivity contribution is 9.10. The van der Waals surface area contributed by atoms with E-state index in [0.717, 1.165) is 11.6 Å². The first-order valence-electron chi connectivity index (χ1n) is 5.98. The highest BCUT2D eigenvalue weighted by Crippen LogP contribution is 2.39. The summed E-state index contributed by atoms with van der Waals surface area (Å²) in [5, 5.41) is 2.69. The number of anilines is 2. The zero-order valence-corrected chi connectivity index (χ0v) is 12.9. The van der Waals surface area contributed by atoms with E-state index in [9.17, 15) is 9.18 Å². The fraction of sp³-hybridized carbons (Fsp3) is 0.0714. The Morgan fingerprint density at radius 1 is 1.29 bits per heavy atom. The van der Waals surface area contributed by atoms with Crippen LogP contribution in [0, 0.1) is 5.82 Å². The summed E-state index contributed by atoms with van der Waals surface area (Å²) < 4.78 is 19.6. The van der Waals surface area contributed by atoms with Gasteiger partial charge in [0.1, 0.15) is 11.6 Å². The molecule has 1 aliphatic rings. The van der Waals surface area contributed by atoms with E-state index >= 15 is 0 Å². The molecule has 0 aliphatic carbocycles. The first-order chi connectivity index (χ1) is 9.94. The van der Waals surface area contributed by atoms with Crippen molar-refractivity contribution in [2.24, 2.45) is 0 Å². The van der Waals surface area contributed by atoms with Gasteiger partial charge in [0.05, 0.1) is 21.6 Å². The van der Waals surface area contributed by atoms with E-state index < -0.39 is 5.82 Å². The minimum atomic E-state index is -0.595. The molecule has 0 radical (unpaired) electrons. The lowest BCUT2D eigenvalue weighted by molar-refractivity contribution is -0.115. The van der Waals surface area contributed by atoms with Crippen molar-refractivity contribution in [3.05, 3.63) is 45.1 Å². The molecule has 0 atom stereocenters. The van der Waals surface area contributed by atoms with Gasteiger partial charge in [-0.15, -0.1) is 0 Å². The monoisotopic (exact) mass is 370 g/mol. The van der Waals surface area contributed by atoms with Gasteiger partial charge in [0.2, 0.25) is 5.91 Å². The molecule has 0 spiro atoms. The van der Waals surface area contributed by atoms with Crippen LogP contribution in [-0.4, -0.2) is 5.91 Å². The Hall–Kier alpha value is -1.79. The number of fused-ring (bicyclic) bond motifs is 1. The van der Waals surface area contributed by atoms with E-state index in [0.29, 0.717) is 28.0 Å². The van der Waals surface area contributed by atoms with E-state index in [1.807, 2.05) is 0 Å². The molecule has 0 unspecified atom stereocenters. The summed E-state index contributed by atoms with van der Waals surface area (Å²) in [4.78, 5) is 11.4. The lowest BCUT2D eigenvalue weighted by Crippen LogP contribution is -2.03. The molecule has 108 valence electrons. The van der Waals surface area contributed by atoms with Crippen LogP contribution >= 0.6 is 27.5 Å². The summed E-state index contributed by atoms with van der Waals surface area (Å²) in [5.41, 5.74) is 7.73. The summed E-state index contributed by atoms with van der Waals surface area (Å²) in [6.45, 7) is 0. The van der Waals surface area contributed by atoms with Crippen LogP contribution in [0.3, 0.4) is 0 Å². The average Bonchev–Trinajstić information content (AvgIpc) is 2.75. The quantitative estimate of drug-likeness (QED) is 0.617. The van der Waals surface area contributed by atoms with Gasteiger partial charge in [-0.25, -0.2) is 4.39 Å². The predicted molar refractivity (Wildman–Crippen MR) is 82.4 cm³/mol. The number of carbonyl (C=O) groups excluding carboxylic acids is 1. The molecule has 1 heterocycles. The number of amides is 1. The van der Waals surface area contributed by atoms with Crippen molar-refractivity contribution < 1.29 is 13.9 Å². The first kappa shape index (κ1) is 14.2. The predicted octanol–water partition coefficient (Wildman–Crippen LogP) is 4.11. The van der Waals surface area contributed by atoms with Gasteiger partial charge in [-0.05, 0) is 33.6 Å². The number of nitrogens with one attached hydrogen (secondary N) is 1. The number of benzene rings is 2. The molecule has 2 aromatic rings. The van der Waals surface area contributed by atoms with E-state index in [-0.39, 0.29) is 16.7 Å². The van der Waals surface area contributed by atoms with Gasteiger partial charge in [0.25, 0.3) is 0 Å². The fourth-order valence-electron chi connectivity index (χ4n) is 2.06. The molecular weight excluding hydrogens is 363 g/mol. The third-order valence-electron chi connectivity index (χ3n) is 3.06. The van der Waals surface area contributed by atoms with Gasteiger partial charge in [0.15, 0.2) is 5.75 Å². The maximum Gasteiger partial charge on any atom is 0.228 e. The molecule has 4 nitrogen and oxygen atoms in total. The van der Waals surface area contributed by atoms with Crippen LogP contribution in [0.4, 0.5) is 15.8 Å². The molecule has 1 amide bonds. The van der Waals surface area contributed by atoms with Crippen molar-refractivity contribution in [2.45, 2.75) is 6.42 Å². The fourth-order valence-corrected chi connectivity index (χ4v) is 2.78. The standard InChI is InChI=1S/C14H9BrClFN2O2/c15-7-3-8(16)9(17)4-12(7)21-13-5-11-6(1-10(13)18)2-14(20)19-11/h1,3-5H,2,18H2,(H,19,20). The zero-order valence-electron chi connectivity index (χ0n) is 10.5. The van der Waals surface area contributed by atoms with Gasteiger partial charge in [-0.2, -0.15) is 0 Å². The summed E-state index contributed by atoms with van der Waals surface area (Å²) in [5.74, 6) is -0.116. The molecule has 0 fully saturated rings. The van der Waals surface area contributed by atoms with Gasteiger partial charge in [-0.1, -0.05) is 11.6 Å². The summed E-state index contributed by atoms with van der Waals surface area (Å²) in [6, 6.07) is 5.85. The molecule has 0 saturated carbocycles. The van der Waals surface area contributed by atoms with Crippen LogP contribution in [0.5, 0.6) is 11.5 Å². The van der Waals surface area contributed by atoms with Crippen molar-refractivity contribution in [2.75, 3.05) is 11.1 Å². The molecule has 0 saturated heterocycles. The maximum absolute atomic E-state index is 13.5. The molecule has 2 aromatic carbocycles. The summed E-state index contributed by atoms with van der Waals surface area (Å²) in [7, 11) is 0. The van der Waals surface area contributed by atoms with Crippen molar-refractivity contribution in [3.63, 3.8) is 0 Å². The molecule has 0 bridgehead atoms. The van der Waals surface area contributed by atoms with E-state index in [1.54, 1.807) is 12.1 Å². The maximum atomic E-state index is 13.5. The molecule has 3 N–H and O–H groups in total. The second kappa shape index (κ2) is 5.20. The van der Waals surface area contributed by atoms with Crippen LogP contribution in [0.25, 0.3) is 0 Å².